The van der Waals surface area contributed by atoms with Gasteiger partial charge in [0.2, 0.25) is 0 Å². The molecule has 0 aromatic carbocycles. The maximum Gasteiger partial charge on any atom is 0.261 e. The van der Waals surface area contributed by atoms with Gasteiger partial charge in [0.15, 0.2) is 6.29 Å². The number of hydrogen-bond acceptors (Lipinski definition) is 4. The van der Waals surface area contributed by atoms with Gasteiger partial charge >= 0.3 is 0 Å². The Morgan fingerprint density at radius 1 is 1.14 bits per heavy atom. The van der Waals surface area contributed by atoms with E-state index in [1.807, 2.05) is 0 Å². The summed E-state index contributed by atoms with van der Waals surface area (Å²) in [6.07, 6.45) is 3.64. The van der Waals surface area contributed by atoms with Crippen molar-refractivity contribution in [1.29, 1.82) is 0 Å². The molecular weight excluding hydrogens is 272 g/mol. The molecule has 6 nitrogen and oxygen atoms in total. The van der Waals surface area contributed by atoms with Crippen molar-refractivity contribution in [1.82, 2.24) is 9.88 Å². The van der Waals surface area contributed by atoms with E-state index in [1.54, 1.807) is 17.0 Å². The summed E-state index contributed by atoms with van der Waals surface area (Å²) in [7, 11) is 2.98. The van der Waals surface area contributed by atoms with Gasteiger partial charge in [-0.25, -0.2) is 0 Å². The average molecular weight is 294 g/mol. The number of hydrogen-bond donors (Lipinski definition) is 1. The standard InChI is InChI=1S/C15H22N2O4/c1-20-15(21-2)12-8-7-11(13(18)16-12)14(19)17-9-5-3-4-6-10-17/h7-8,15H,3-6,9-10H2,1-2H3,(H,16,18). The van der Waals surface area contributed by atoms with Crippen molar-refractivity contribution in [3.05, 3.63) is 33.7 Å². The number of carbonyl (C=O) groups is 1. The number of aromatic nitrogens is 1. The van der Waals surface area contributed by atoms with Gasteiger partial charge < -0.3 is 19.4 Å². The smallest absolute Gasteiger partial charge is 0.261 e. The number of pyridine rings is 1. The Hall–Kier alpha value is -1.66. The zero-order chi connectivity index (χ0) is 15.2. The quantitative estimate of drug-likeness (QED) is 0.858. The van der Waals surface area contributed by atoms with Gasteiger partial charge in [-0.3, -0.25) is 9.59 Å². The van der Waals surface area contributed by atoms with Crippen LogP contribution in [0, 0.1) is 0 Å². The lowest BCUT2D eigenvalue weighted by atomic mass is 10.2. The maximum atomic E-state index is 12.4. The third-order valence-electron chi connectivity index (χ3n) is 3.74. The maximum absolute atomic E-state index is 12.4. The molecule has 0 bridgehead atoms. The van der Waals surface area contributed by atoms with E-state index in [0.29, 0.717) is 5.69 Å². The lowest BCUT2D eigenvalue weighted by molar-refractivity contribution is -0.108. The van der Waals surface area contributed by atoms with E-state index in [0.717, 1.165) is 38.8 Å². The minimum atomic E-state index is -0.639. The van der Waals surface area contributed by atoms with Crippen molar-refractivity contribution >= 4 is 5.91 Å². The first-order valence-corrected chi connectivity index (χ1v) is 7.25. The van der Waals surface area contributed by atoms with Crippen LogP contribution in [-0.4, -0.2) is 43.1 Å². The molecule has 1 aliphatic rings. The van der Waals surface area contributed by atoms with Crippen LogP contribution >= 0.6 is 0 Å². The van der Waals surface area contributed by atoms with E-state index in [2.05, 4.69) is 4.98 Å². The zero-order valence-corrected chi connectivity index (χ0v) is 12.6. The molecule has 0 spiro atoms. The van der Waals surface area contributed by atoms with Crippen molar-refractivity contribution in [2.24, 2.45) is 0 Å². The average Bonchev–Trinajstić information content (AvgIpc) is 2.77. The number of ether oxygens (including phenoxy) is 2. The molecule has 1 N–H and O–H groups in total. The largest absolute Gasteiger partial charge is 0.350 e. The van der Waals surface area contributed by atoms with Crippen LogP contribution in [-0.2, 0) is 9.47 Å². The van der Waals surface area contributed by atoms with Gasteiger partial charge in [-0.05, 0) is 25.0 Å². The minimum Gasteiger partial charge on any atom is -0.350 e. The van der Waals surface area contributed by atoms with Crippen molar-refractivity contribution in [3.8, 4) is 0 Å². The van der Waals surface area contributed by atoms with Crippen LogP contribution in [0.25, 0.3) is 0 Å². The van der Waals surface area contributed by atoms with E-state index in [1.165, 1.54) is 14.2 Å². The summed E-state index contributed by atoms with van der Waals surface area (Å²) in [5, 5.41) is 0. The minimum absolute atomic E-state index is 0.173. The third-order valence-corrected chi connectivity index (χ3v) is 3.74. The Kier molecular flexibility index (Phi) is 5.52. The molecule has 1 aliphatic heterocycles. The van der Waals surface area contributed by atoms with Crippen LogP contribution in [0.3, 0.4) is 0 Å². The molecule has 1 amide bonds. The molecule has 0 saturated carbocycles. The van der Waals surface area contributed by atoms with Gasteiger partial charge in [0, 0.05) is 27.3 Å². The van der Waals surface area contributed by atoms with E-state index in [9.17, 15) is 9.59 Å². The summed E-state index contributed by atoms with van der Waals surface area (Å²) < 4.78 is 10.2. The molecule has 2 heterocycles. The fraction of sp³-hybridized carbons (Fsp3) is 0.600. The summed E-state index contributed by atoms with van der Waals surface area (Å²) in [6.45, 7) is 1.44. The number of aromatic amines is 1. The highest BCUT2D eigenvalue weighted by Crippen LogP contribution is 2.15. The number of methoxy groups -OCH3 is 2. The molecule has 0 unspecified atom stereocenters. The normalized spacial score (nSPS) is 16.0. The van der Waals surface area contributed by atoms with Crippen molar-refractivity contribution in [2.75, 3.05) is 27.3 Å². The summed E-state index contributed by atoms with van der Waals surface area (Å²) in [4.78, 5) is 29.0. The second-order valence-electron chi connectivity index (χ2n) is 5.17. The van der Waals surface area contributed by atoms with Crippen LogP contribution in [0.15, 0.2) is 16.9 Å². The summed E-state index contributed by atoms with van der Waals surface area (Å²) >= 11 is 0. The third kappa shape index (κ3) is 3.71. The summed E-state index contributed by atoms with van der Waals surface area (Å²) in [5.74, 6) is -0.198. The fourth-order valence-corrected chi connectivity index (χ4v) is 2.59. The van der Waals surface area contributed by atoms with E-state index in [-0.39, 0.29) is 11.5 Å². The molecule has 6 heteroatoms. The molecule has 0 aliphatic carbocycles. The van der Waals surface area contributed by atoms with Gasteiger partial charge in [-0.1, -0.05) is 12.8 Å². The molecule has 116 valence electrons. The predicted molar refractivity (Wildman–Crippen MR) is 78.2 cm³/mol. The predicted octanol–water partition coefficient (Wildman–Crippen LogP) is 1.68. The summed E-state index contributed by atoms with van der Waals surface area (Å²) in [6, 6.07) is 3.20. The molecule has 1 fully saturated rings. The first-order chi connectivity index (χ1) is 10.2. The van der Waals surface area contributed by atoms with Crippen molar-refractivity contribution in [2.45, 2.75) is 32.0 Å². The van der Waals surface area contributed by atoms with E-state index < -0.39 is 11.8 Å². The second kappa shape index (κ2) is 7.38. The Morgan fingerprint density at radius 3 is 2.29 bits per heavy atom. The highest BCUT2D eigenvalue weighted by Gasteiger charge is 2.21. The first-order valence-electron chi connectivity index (χ1n) is 7.25. The topological polar surface area (TPSA) is 71.6 Å². The van der Waals surface area contributed by atoms with Gasteiger partial charge in [-0.15, -0.1) is 0 Å². The Bertz CT molecular complexity index is 529. The number of amides is 1. The van der Waals surface area contributed by atoms with Crippen LogP contribution in [0.1, 0.15) is 48.0 Å². The molecule has 2 rings (SSSR count). The highest BCUT2D eigenvalue weighted by molar-refractivity contribution is 5.93. The Morgan fingerprint density at radius 2 is 1.76 bits per heavy atom. The summed E-state index contributed by atoms with van der Waals surface area (Å²) in [5.41, 5.74) is 0.268. The van der Waals surface area contributed by atoms with E-state index >= 15 is 0 Å². The first kappa shape index (κ1) is 15.7. The number of rotatable bonds is 4. The molecule has 1 saturated heterocycles. The van der Waals surface area contributed by atoms with E-state index in [4.69, 9.17) is 9.47 Å². The number of carbonyl (C=O) groups excluding carboxylic acids is 1. The molecule has 1 aromatic heterocycles. The number of nitrogens with one attached hydrogen (secondary N) is 1. The van der Waals surface area contributed by atoms with Crippen LogP contribution in [0.2, 0.25) is 0 Å². The van der Waals surface area contributed by atoms with Gasteiger partial charge in [0.25, 0.3) is 11.5 Å². The van der Waals surface area contributed by atoms with Crippen molar-refractivity contribution in [3.63, 3.8) is 0 Å². The fourth-order valence-electron chi connectivity index (χ4n) is 2.59. The molecule has 21 heavy (non-hydrogen) atoms. The van der Waals surface area contributed by atoms with Crippen LogP contribution < -0.4 is 5.56 Å². The molecule has 0 atom stereocenters. The highest BCUT2D eigenvalue weighted by atomic mass is 16.7. The number of nitrogens with zero attached hydrogens (tertiary/aromatic N) is 1. The van der Waals surface area contributed by atoms with Gasteiger partial charge in [0.1, 0.15) is 5.56 Å². The van der Waals surface area contributed by atoms with Crippen LogP contribution in [0.5, 0.6) is 0 Å². The lowest BCUT2D eigenvalue weighted by Crippen LogP contribution is -2.35. The second-order valence-corrected chi connectivity index (χ2v) is 5.17. The van der Waals surface area contributed by atoms with Gasteiger partial charge in [-0.2, -0.15) is 0 Å². The molecule has 0 radical (unpaired) electrons. The van der Waals surface area contributed by atoms with Gasteiger partial charge in [0.05, 0.1) is 5.69 Å². The number of H-pyrrole nitrogens is 1. The Balaban J connectivity index is 2.20. The SMILES string of the molecule is COC(OC)c1ccc(C(=O)N2CCCCCC2)c(=O)[nH]1. The Labute approximate surface area is 124 Å². The van der Waals surface area contributed by atoms with Crippen LogP contribution in [0.4, 0.5) is 0 Å². The molecular formula is C15H22N2O4. The zero-order valence-electron chi connectivity index (χ0n) is 12.6. The molecule has 1 aromatic rings. The monoisotopic (exact) mass is 294 g/mol. The van der Waals surface area contributed by atoms with Crippen molar-refractivity contribution < 1.29 is 14.3 Å². The lowest BCUT2D eigenvalue weighted by Gasteiger charge is -2.20. The number of likely N-dealkylation sites (tertiary alicyclic amines) is 1.